The predicted octanol–water partition coefficient (Wildman–Crippen LogP) is 16.1. The first-order valence-electron chi connectivity index (χ1n) is 21.7. The maximum atomic E-state index is 6.59. The molecule has 6 heterocycles. The molecule has 0 unspecified atom stereocenters. The smallest absolute Gasteiger partial charge is 0.165 e. The van der Waals surface area contributed by atoms with Crippen molar-refractivity contribution >= 4 is 135 Å². The van der Waals surface area contributed by atoms with E-state index in [9.17, 15) is 0 Å². The Hall–Kier alpha value is -8.32. The summed E-state index contributed by atoms with van der Waals surface area (Å²) in [6.07, 6.45) is 0. The van der Waals surface area contributed by atoms with Crippen LogP contribution in [0.25, 0.3) is 152 Å². The van der Waals surface area contributed by atoms with Gasteiger partial charge in [0, 0.05) is 74.4 Å². The van der Waals surface area contributed by atoms with E-state index in [0.29, 0.717) is 0 Å². The number of benzene rings is 10. The van der Waals surface area contributed by atoms with E-state index < -0.39 is 0 Å². The van der Waals surface area contributed by atoms with Crippen LogP contribution in [-0.4, -0.2) is 18.9 Å². The summed E-state index contributed by atoms with van der Waals surface area (Å²) in [5.74, 6) is 0.798. The third kappa shape index (κ3) is 4.05. The van der Waals surface area contributed by atoms with Crippen molar-refractivity contribution in [3.8, 4) is 28.2 Å². The zero-order chi connectivity index (χ0) is 41.4. The predicted molar refractivity (Wildman–Crippen MR) is 268 cm³/mol. The molecular formula is C58H30N4OS. The molecule has 16 aromatic rings. The van der Waals surface area contributed by atoms with Crippen LogP contribution in [0.15, 0.2) is 186 Å². The number of fused-ring (bicyclic) bond motifs is 13. The largest absolute Gasteiger partial charge is 0.455 e. The minimum atomic E-state index is 0.798. The van der Waals surface area contributed by atoms with Crippen molar-refractivity contribution in [1.82, 2.24) is 18.9 Å². The van der Waals surface area contributed by atoms with E-state index in [0.717, 1.165) is 83.0 Å². The molecule has 0 radical (unpaired) electrons. The summed E-state index contributed by atoms with van der Waals surface area (Å²) in [4.78, 5) is 11.7. The molecule has 0 spiro atoms. The van der Waals surface area contributed by atoms with Crippen LogP contribution in [-0.2, 0) is 0 Å². The van der Waals surface area contributed by atoms with Gasteiger partial charge in [0.1, 0.15) is 16.9 Å². The van der Waals surface area contributed by atoms with Crippen molar-refractivity contribution in [1.29, 1.82) is 0 Å². The molecule has 294 valence electrons. The van der Waals surface area contributed by atoms with Crippen LogP contribution < -0.4 is 0 Å². The fraction of sp³-hybridized carbons (Fsp3) is 0. The second kappa shape index (κ2) is 11.8. The zero-order valence-corrected chi connectivity index (χ0v) is 34.7. The summed E-state index contributed by atoms with van der Waals surface area (Å²) in [6.45, 7) is 0. The lowest BCUT2D eigenvalue weighted by Gasteiger charge is -2.17. The fourth-order valence-corrected chi connectivity index (χ4v) is 12.5. The second-order valence-corrected chi connectivity index (χ2v) is 18.3. The highest BCUT2D eigenvalue weighted by atomic mass is 32.1. The van der Waals surface area contributed by atoms with Crippen LogP contribution >= 0.6 is 11.3 Å². The molecule has 0 atom stereocenters. The zero-order valence-electron chi connectivity index (χ0n) is 33.9. The molecule has 6 aromatic heterocycles. The van der Waals surface area contributed by atoms with Crippen molar-refractivity contribution in [2.45, 2.75) is 0 Å². The first-order chi connectivity index (χ1) is 31.8. The molecule has 0 amide bonds. The fourth-order valence-electron chi connectivity index (χ4n) is 11.4. The minimum absolute atomic E-state index is 0.798. The topological polar surface area (TPSA) is 48.3 Å². The highest BCUT2D eigenvalue weighted by Crippen LogP contribution is 2.51. The number of rotatable bonds is 3. The highest BCUT2D eigenvalue weighted by molar-refractivity contribution is 7.26. The van der Waals surface area contributed by atoms with E-state index in [1.54, 1.807) is 0 Å². The van der Waals surface area contributed by atoms with Gasteiger partial charge >= 0.3 is 0 Å². The Bertz CT molecular complexity index is 4680. The molecule has 0 aliphatic carbocycles. The van der Waals surface area contributed by atoms with Crippen LogP contribution in [0.1, 0.15) is 0 Å². The van der Waals surface area contributed by atoms with E-state index in [4.69, 9.17) is 14.4 Å². The number of hydrogen-bond acceptors (Lipinski definition) is 4. The minimum Gasteiger partial charge on any atom is -0.455 e. The van der Waals surface area contributed by atoms with Crippen molar-refractivity contribution in [2.24, 2.45) is 0 Å². The van der Waals surface area contributed by atoms with Crippen LogP contribution in [0.3, 0.4) is 0 Å². The Morgan fingerprint density at radius 3 is 1.89 bits per heavy atom. The Balaban J connectivity index is 1.08. The van der Waals surface area contributed by atoms with Crippen molar-refractivity contribution in [3.05, 3.63) is 182 Å². The Morgan fingerprint density at radius 2 is 1.03 bits per heavy atom. The normalized spacial score (nSPS) is 12.7. The van der Waals surface area contributed by atoms with Crippen LogP contribution in [0.5, 0.6) is 0 Å². The number of aromatic nitrogens is 4. The summed E-state index contributed by atoms with van der Waals surface area (Å²) in [7, 11) is 0. The van der Waals surface area contributed by atoms with Gasteiger partial charge in [0.05, 0.1) is 38.6 Å². The molecule has 64 heavy (non-hydrogen) atoms. The Morgan fingerprint density at radius 1 is 0.406 bits per heavy atom. The molecule has 0 N–H and O–H groups in total. The summed E-state index contributed by atoms with van der Waals surface area (Å²) in [5.41, 5.74) is 13.3. The van der Waals surface area contributed by atoms with Gasteiger partial charge in [-0.25, -0.2) is 9.97 Å². The summed E-state index contributed by atoms with van der Waals surface area (Å²) in [5, 5.41) is 14.4. The number of nitrogens with zero attached hydrogens (tertiary/aromatic N) is 4. The molecular weight excluding hydrogens is 801 g/mol. The van der Waals surface area contributed by atoms with Crippen LogP contribution in [0, 0.1) is 0 Å². The van der Waals surface area contributed by atoms with Gasteiger partial charge in [-0.05, 0) is 64.9 Å². The molecule has 0 aliphatic rings. The van der Waals surface area contributed by atoms with E-state index in [-0.39, 0.29) is 0 Å². The maximum Gasteiger partial charge on any atom is 0.165 e. The summed E-state index contributed by atoms with van der Waals surface area (Å²) >= 11 is 1.88. The molecule has 0 bridgehead atoms. The molecule has 5 nitrogen and oxygen atoms in total. The SMILES string of the molecule is c1cc(-c2nc3c4ccccc4c4ccccc4c3nc2-n2c3ccc4sc5ccc6c7ccccc7n7c8cccc2c8c3c4c5c67)cc(-c2cccc3c2oc2ccccc23)c1. The van der Waals surface area contributed by atoms with Gasteiger partial charge in [0.2, 0.25) is 0 Å². The lowest BCUT2D eigenvalue weighted by Crippen LogP contribution is -2.04. The average Bonchev–Trinajstić information content (AvgIpc) is 4.09. The monoisotopic (exact) mass is 830 g/mol. The molecule has 16 rings (SSSR count). The van der Waals surface area contributed by atoms with E-state index in [1.807, 2.05) is 23.5 Å². The van der Waals surface area contributed by atoms with Gasteiger partial charge in [0.25, 0.3) is 0 Å². The van der Waals surface area contributed by atoms with Gasteiger partial charge in [-0.2, -0.15) is 0 Å². The quantitative estimate of drug-likeness (QED) is 0.167. The summed E-state index contributed by atoms with van der Waals surface area (Å²) in [6, 6.07) is 65.8. The second-order valence-electron chi connectivity index (χ2n) is 17.2. The number of thiophene rings is 1. The van der Waals surface area contributed by atoms with Crippen molar-refractivity contribution < 1.29 is 4.42 Å². The lowest BCUT2D eigenvalue weighted by molar-refractivity contribution is 0.670. The van der Waals surface area contributed by atoms with Gasteiger partial charge < -0.3 is 8.82 Å². The first kappa shape index (κ1) is 33.3. The summed E-state index contributed by atoms with van der Waals surface area (Å²) < 4.78 is 14.1. The third-order valence-electron chi connectivity index (χ3n) is 14.0. The van der Waals surface area contributed by atoms with Gasteiger partial charge in [-0.1, -0.05) is 133 Å². The molecule has 0 fully saturated rings. The maximum absolute atomic E-state index is 6.59. The number of furan rings is 1. The van der Waals surface area contributed by atoms with Crippen molar-refractivity contribution in [3.63, 3.8) is 0 Å². The molecule has 0 saturated carbocycles. The van der Waals surface area contributed by atoms with E-state index in [1.165, 1.54) is 69.0 Å². The number of para-hydroxylation sites is 3. The van der Waals surface area contributed by atoms with Gasteiger partial charge in [-0.3, -0.25) is 4.57 Å². The molecule has 10 aromatic carbocycles. The van der Waals surface area contributed by atoms with E-state index >= 15 is 0 Å². The molecule has 0 saturated heterocycles. The van der Waals surface area contributed by atoms with Crippen molar-refractivity contribution in [2.75, 3.05) is 0 Å². The molecule has 0 aliphatic heterocycles. The van der Waals surface area contributed by atoms with Crippen LogP contribution in [0.2, 0.25) is 0 Å². The Kier molecular flexibility index (Phi) is 6.13. The van der Waals surface area contributed by atoms with Gasteiger partial charge in [-0.15, -0.1) is 11.3 Å². The average molecular weight is 831 g/mol. The number of hydrogen-bond donors (Lipinski definition) is 0. The lowest BCUT2D eigenvalue weighted by atomic mass is 9.98. The van der Waals surface area contributed by atoms with Crippen LogP contribution in [0.4, 0.5) is 0 Å². The standard InChI is InChI=1S/C58H30N4OS/c1-3-18-38-34(14-1)35-15-2-4-19-39(35)55-54(38)59-53(32-13-9-12-31(30-32)33-20-10-21-41-37-17-6-8-25-46(37)63-57(33)41)58(60-55)62-44-24-11-23-43-49(44)50-45(62)27-29-47-51(50)52-48(64-47)28-26-40-36-16-5-7-22-42(36)61(43)56(40)52/h1-30H. The van der Waals surface area contributed by atoms with E-state index in [2.05, 4.69) is 179 Å². The first-order valence-corrected chi connectivity index (χ1v) is 22.6. The third-order valence-corrected chi connectivity index (χ3v) is 15.1. The van der Waals surface area contributed by atoms with Gasteiger partial charge in [0.15, 0.2) is 5.82 Å². The molecule has 6 heteroatoms. The Labute approximate surface area is 366 Å². The highest BCUT2D eigenvalue weighted by Gasteiger charge is 2.28.